The van der Waals surface area contributed by atoms with Crippen LogP contribution in [0.15, 0.2) is 48.5 Å². The van der Waals surface area contributed by atoms with Crippen molar-refractivity contribution in [2.24, 2.45) is 0 Å². The minimum Gasteiger partial charge on any atom is -0.374 e. The van der Waals surface area contributed by atoms with E-state index >= 15 is 0 Å². The summed E-state index contributed by atoms with van der Waals surface area (Å²) < 4.78 is 25.5. The summed E-state index contributed by atoms with van der Waals surface area (Å²) in [5.74, 6) is 0.443. The Balaban J connectivity index is 1.65. The quantitative estimate of drug-likeness (QED) is 0.711. The van der Waals surface area contributed by atoms with Gasteiger partial charge in [0.1, 0.15) is 6.04 Å². The van der Waals surface area contributed by atoms with Gasteiger partial charge < -0.3 is 10.6 Å². The standard InChI is InChI=1S/C22H29N3O3S/c1-4-16(2)20-8-5-6-9-21(20)24-22(26)17(3)23-18-10-12-19(13-11-18)25-14-7-15-29(25,27)28/h5-6,8-13,16-17,23H,4,7,14-15H2,1-3H3,(H,24,26). The van der Waals surface area contributed by atoms with Crippen LogP contribution < -0.4 is 14.9 Å². The zero-order chi connectivity index (χ0) is 21.0. The molecule has 1 saturated heterocycles. The Hall–Kier alpha value is -2.54. The maximum Gasteiger partial charge on any atom is 0.246 e. The Morgan fingerprint density at radius 1 is 1.10 bits per heavy atom. The van der Waals surface area contributed by atoms with Crippen LogP contribution in [-0.2, 0) is 14.8 Å². The van der Waals surface area contributed by atoms with Gasteiger partial charge in [0.05, 0.1) is 11.4 Å². The van der Waals surface area contributed by atoms with Crippen molar-refractivity contribution in [1.29, 1.82) is 0 Å². The van der Waals surface area contributed by atoms with E-state index < -0.39 is 16.1 Å². The topological polar surface area (TPSA) is 78.5 Å². The van der Waals surface area contributed by atoms with Crippen molar-refractivity contribution in [1.82, 2.24) is 0 Å². The van der Waals surface area contributed by atoms with Crippen LogP contribution in [0, 0.1) is 0 Å². The predicted molar refractivity (Wildman–Crippen MR) is 119 cm³/mol. The van der Waals surface area contributed by atoms with Crippen LogP contribution in [0.3, 0.4) is 0 Å². The lowest BCUT2D eigenvalue weighted by atomic mass is 9.97. The number of hydrogen-bond acceptors (Lipinski definition) is 4. The largest absolute Gasteiger partial charge is 0.374 e. The maximum absolute atomic E-state index is 12.7. The molecule has 6 nitrogen and oxygen atoms in total. The number of amides is 1. The molecule has 2 N–H and O–H groups in total. The van der Waals surface area contributed by atoms with Gasteiger partial charge in [-0.25, -0.2) is 8.42 Å². The number of hydrogen-bond donors (Lipinski definition) is 2. The summed E-state index contributed by atoms with van der Waals surface area (Å²) in [4.78, 5) is 12.7. The zero-order valence-electron chi connectivity index (χ0n) is 17.2. The molecule has 0 bridgehead atoms. The molecule has 0 spiro atoms. The van der Waals surface area contributed by atoms with E-state index in [4.69, 9.17) is 0 Å². The number of rotatable bonds is 7. The summed E-state index contributed by atoms with van der Waals surface area (Å²) in [5.41, 5.74) is 3.40. The van der Waals surface area contributed by atoms with Crippen molar-refractivity contribution in [3.8, 4) is 0 Å². The first-order valence-electron chi connectivity index (χ1n) is 10.1. The molecular weight excluding hydrogens is 386 g/mol. The van der Waals surface area contributed by atoms with Crippen LogP contribution in [0.2, 0.25) is 0 Å². The first-order chi connectivity index (χ1) is 13.8. The highest BCUT2D eigenvalue weighted by Gasteiger charge is 2.28. The first-order valence-corrected chi connectivity index (χ1v) is 11.7. The second kappa shape index (κ2) is 8.86. The highest BCUT2D eigenvalue weighted by molar-refractivity contribution is 7.93. The molecule has 1 aliphatic heterocycles. The fourth-order valence-corrected chi connectivity index (χ4v) is 5.03. The highest BCUT2D eigenvalue weighted by Crippen LogP contribution is 2.27. The predicted octanol–water partition coefficient (Wildman–Crippen LogP) is 4.18. The molecule has 1 fully saturated rings. The molecule has 0 aliphatic carbocycles. The van der Waals surface area contributed by atoms with Crippen LogP contribution in [-0.4, -0.2) is 32.7 Å². The Morgan fingerprint density at radius 2 is 1.79 bits per heavy atom. The highest BCUT2D eigenvalue weighted by atomic mass is 32.2. The molecule has 2 atom stereocenters. The number of carbonyl (C=O) groups excluding carboxylic acids is 1. The minimum atomic E-state index is -3.19. The van der Waals surface area contributed by atoms with Crippen molar-refractivity contribution in [2.75, 3.05) is 27.2 Å². The summed E-state index contributed by atoms with van der Waals surface area (Å²) in [7, 11) is -3.19. The van der Waals surface area contributed by atoms with Crippen molar-refractivity contribution < 1.29 is 13.2 Å². The lowest BCUT2D eigenvalue weighted by molar-refractivity contribution is -0.116. The van der Waals surface area contributed by atoms with Gasteiger partial charge in [-0.1, -0.05) is 32.0 Å². The SMILES string of the molecule is CCC(C)c1ccccc1NC(=O)C(C)Nc1ccc(N2CCCS2(=O)=O)cc1. The van der Waals surface area contributed by atoms with Gasteiger partial charge >= 0.3 is 0 Å². The van der Waals surface area contributed by atoms with Crippen LogP contribution in [0.25, 0.3) is 0 Å². The normalized spacial score (nSPS) is 17.6. The van der Waals surface area contributed by atoms with Gasteiger partial charge in [-0.15, -0.1) is 0 Å². The number of carbonyl (C=O) groups is 1. The average Bonchev–Trinajstić information content (AvgIpc) is 3.07. The summed E-state index contributed by atoms with van der Waals surface area (Å²) in [6.45, 7) is 6.60. The fraction of sp³-hybridized carbons (Fsp3) is 0.409. The lowest BCUT2D eigenvalue weighted by Gasteiger charge is -2.20. The summed E-state index contributed by atoms with van der Waals surface area (Å²) in [6, 6.07) is 14.6. The summed E-state index contributed by atoms with van der Waals surface area (Å²) >= 11 is 0. The molecule has 1 aliphatic rings. The van der Waals surface area contributed by atoms with Gasteiger partial charge in [-0.3, -0.25) is 9.10 Å². The first kappa shape index (κ1) is 21.2. The van der Waals surface area contributed by atoms with E-state index in [1.165, 1.54) is 4.31 Å². The molecule has 2 aromatic rings. The molecule has 1 heterocycles. The second-order valence-corrected chi connectivity index (χ2v) is 9.55. The van der Waals surface area contributed by atoms with Crippen molar-refractivity contribution in [3.63, 3.8) is 0 Å². The average molecular weight is 416 g/mol. The molecule has 156 valence electrons. The molecule has 0 saturated carbocycles. The third-order valence-corrected chi connectivity index (χ3v) is 7.26. The smallest absolute Gasteiger partial charge is 0.246 e. The van der Waals surface area contributed by atoms with Crippen molar-refractivity contribution >= 4 is 33.0 Å². The van der Waals surface area contributed by atoms with Crippen LogP contribution in [0.4, 0.5) is 17.1 Å². The van der Waals surface area contributed by atoms with E-state index in [0.717, 1.165) is 23.4 Å². The zero-order valence-corrected chi connectivity index (χ0v) is 18.0. The van der Waals surface area contributed by atoms with E-state index in [1.807, 2.05) is 24.3 Å². The van der Waals surface area contributed by atoms with E-state index in [1.54, 1.807) is 31.2 Å². The minimum absolute atomic E-state index is 0.119. The molecular formula is C22H29N3O3S. The molecule has 2 unspecified atom stereocenters. The number of sulfonamides is 1. The van der Waals surface area contributed by atoms with Gasteiger partial charge in [0.2, 0.25) is 15.9 Å². The van der Waals surface area contributed by atoms with E-state index in [0.29, 0.717) is 24.6 Å². The lowest BCUT2D eigenvalue weighted by Crippen LogP contribution is -2.32. The molecule has 1 amide bonds. The van der Waals surface area contributed by atoms with Gasteiger partial charge in [0.15, 0.2) is 0 Å². The maximum atomic E-state index is 12.7. The third-order valence-electron chi connectivity index (χ3n) is 5.39. The summed E-state index contributed by atoms with van der Waals surface area (Å²) in [5, 5.41) is 6.21. The molecule has 29 heavy (non-hydrogen) atoms. The second-order valence-electron chi connectivity index (χ2n) is 7.54. The van der Waals surface area contributed by atoms with Crippen LogP contribution in [0.1, 0.15) is 45.1 Å². The molecule has 2 aromatic carbocycles. The van der Waals surface area contributed by atoms with Crippen LogP contribution >= 0.6 is 0 Å². The van der Waals surface area contributed by atoms with Gasteiger partial charge in [0.25, 0.3) is 0 Å². The Morgan fingerprint density at radius 3 is 2.41 bits per heavy atom. The molecule has 0 aromatic heterocycles. The van der Waals surface area contributed by atoms with Gasteiger partial charge in [-0.2, -0.15) is 0 Å². The molecule has 0 radical (unpaired) electrons. The number of nitrogens with one attached hydrogen (secondary N) is 2. The monoisotopic (exact) mass is 415 g/mol. The van der Waals surface area contributed by atoms with E-state index in [-0.39, 0.29) is 11.7 Å². The van der Waals surface area contributed by atoms with Gasteiger partial charge in [-0.05, 0) is 61.6 Å². The van der Waals surface area contributed by atoms with Gasteiger partial charge in [0, 0.05) is 17.9 Å². The van der Waals surface area contributed by atoms with Crippen molar-refractivity contribution in [3.05, 3.63) is 54.1 Å². The number of nitrogens with zero attached hydrogens (tertiary/aromatic N) is 1. The Labute approximate surface area is 173 Å². The Bertz CT molecular complexity index is 958. The van der Waals surface area contributed by atoms with E-state index in [2.05, 4.69) is 24.5 Å². The van der Waals surface area contributed by atoms with Crippen molar-refractivity contribution in [2.45, 2.75) is 45.6 Å². The number of benzene rings is 2. The molecule has 3 rings (SSSR count). The number of para-hydroxylation sites is 1. The molecule has 7 heteroatoms. The summed E-state index contributed by atoms with van der Waals surface area (Å²) in [6.07, 6.45) is 1.65. The Kier molecular flexibility index (Phi) is 6.47. The van der Waals surface area contributed by atoms with E-state index in [9.17, 15) is 13.2 Å². The fourth-order valence-electron chi connectivity index (χ4n) is 3.47. The van der Waals surface area contributed by atoms with Crippen LogP contribution in [0.5, 0.6) is 0 Å². The number of anilines is 3. The third kappa shape index (κ3) is 4.90.